The Kier molecular flexibility index (Phi) is 3.69. The van der Waals surface area contributed by atoms with Crippen LogP contribution in [0.1, 0.15) is 44.9 Å². The standard InChI is InChI=1S/C14H25N5O/c1-10-11(4-7-20-10)12-16-13(18-17-12)19-6-3-5-14(2,8-15)9-19/h10-11H,3-9,15H2,1-2H3,(H,16,17,18). The van der Waals surface area contributed by atoms with Gasteiger partial charge in [-0.3, -0.25) is 5.10 Å². The highest BCUT2D eigenvalue weighted by Crippen LogP contribution is 2.32. The molecule has 0 saturated carbocycles. The number of anilines is 1. The molecule has 20 heavy (non-hydrogen) atoms. The summed E-state index contributed by atoms with van der Waals surface area (Å²) in [4.78, 5) is 6.97. The number of nitrogens with one attached hydrogen (secondary N) is 1. The van der Waals surface area contributed by atoms with E-state index in [0.29, 0.717) is 12.5 Å². The molecule has 112 valence electrons. The van der Waals surface area contributed by atoms with Gasteiger partial charge in [-0.25, -0.2) is 0 Å². The SMILES string of the molecule is CC1OCCC1c1nc(N2CCCC(C)(CN)C2)n[nH]1. The highest BCUT2D eigenvalue weighted by molar-refractivity contribution is 5.31. The molecular formula is C14H25N5O. The van der Waals surface area contributed by atoms with E-state index >= 15 is 0 Å². The van der Waals surface area contributed by atoms with Gasteiger partial charge in [-0.1, -0.05) is 6.92 Å². The van der Waals surface area contributed by atoms with Crippen LogP contribution in [-0.4, -0.2) is 47.5 Å². The predicted octanol–water partition coefficient (Wildman–Crippen LogP) is 1.26. The van der Waals surface area contributed by atoms with Gasteiger partial charge in [0, 0.05) is 25.6 Å². The first kappa shape index (κ1) is 13.8. The summed E-state index contributed by atoms with van der Waals surface area (Å²) in [7, 11) is 0. The Bertz CT molecular complexity index is 462. The summed E-state index contributed by atoms with van der Waals surface area (Å²) in [6.07, 6.45) is 3.59. The summed E-state index contributed by atoms with van der Waals surface area (Å²) >= 11 is 0. The van der Waals surface area contributed by atoms with E-state index in [4.69, 9.17) is 15.5 Å². The lowest BCUT2D eigenvalue weighted by Gasteiger charge is -2.39. The molecule has 0 amide bonds. The fourth-order valence-electron chi connectivity index (χ4n) is 3.32. The van der Waals surface area contributed by atoms with Crippen molar-refractivity contribution in [3.8, 4) is 0 Å². The smallest absolute Gasteiger partial charge is 0.244 e. The Balaban J connectivity index is 1.73. The van der Waals surface area contributed by atoms with Gasteiger partial charge < -0.3 is 15.4 Å². The van der Waals surface area contributed by atoms with Crippen molar-refractivity contribution in [1.82, 2.24) is 15.2 Å². The van der Waals surface area contributed by atoms with Crippen LogP contribution in [0.3, 0.4) is 0 Å². The van der Waals surface area contributed by atoms with Crippen LogP contribution in [0, 0.1) is 5.41 Å². The maximum atomic E-state index is 5.91. The van der Waals surface area contributed by atoms with Crippen molar-refractivity contribution in [3.63, 3.8) is 0 Å². The third-order valence-electron chi connectivity index (χ3n) is 4.77. The van der Waals surface area contributed by atoms with E-state index < -0.39 is 0 Å². The van der Waals surface area contributed by atoms with Crippen molar-refractivity contribution in [2.45, 2.75) is 45.1 Å². The molecule has 0 radical (unpaired) electrons. The van der Waals surface area contributed by atoms with Gasteiger partial charge in [0.25, 0.3) is 0 Å². The molecule has 6 nitrogen and oxygen atoms in total. The number of nitrogens with two attached hydrogens (primary N) is 1. The van der Waals surface area contributed by atoms with Gasteiger partial charge in [-0.2, -0.15) is 4.98 Å². The monoisotopic (exact) mass is 279 g/mol. The van der Waals surface area contributed by atoms with Gasteiger partial charge in [0.15, 0.2) is 0 Å². The van der Waals surface area contributed by atoms with Crippen LogP contribution in [0.25, 0.3) is 0 Å². The number of ether oxygens (including phenoxy) is 1. The molecule has 1 aromatic heterocycles. The Morgan fingerprint density at radius 3 is 3.10 bits per heavy atom. The number of aromatic amines is 1. The third kappa shape index (κ3) is 2.54. The fraction of sp³-hybridized carbons (Fsp3) is 0.857. The normalized spacial score (nSPS) is 34.6. The van der Waals surface area contributed by atoms with Crippen LogP contribution in [0.15, 0.2) is 0 Å². The number of H-pyrrole nitrogens is 1. The molecule has 3 N–H and O–H groups in total. The van der Waals surface area contributed by atoms with E-state index in [0.717, 1.165) is 44.3 Å². The van der Waals surface area contributed by atoms with Crippen molar-refractivity contribution in [2.75, 3.05) is 31.1 Å². The first-order valence-corrected chi connectivity index (χ1v) is 7.60. The number of hydrogen-bond acceptors (Lipinski definition) is 5. The zero-order chi connectivity index (χ0) is 14.2. The molecule has 3 heterocycles. The molecular weight excluding hydrogens is 254 g/mol. The summed E-state index contributed by atoms with van der Waals surface area (Å²) in [5, 5.41) is 7.52. The predicted molar refractivity (Wildman–Crippen MR) is 77.8 cm³/mol. The first-order chi connectivity index (χ1) is 9.61. The second kappa shape index (κ2) is 5.33. The zero-order valence-electron chi connectivity index (χ0n) is 12.4. The van der Waals surface area contributed by atoms with Crippen LogP contribution in [0.4, 0.5) is 5.95 Å². The van der Waals surface area contributed by atoms with E-state index in [-0.39, 0.29) is 11.5 Å². The van der Waals surface area contributed by atoms with Crippen LogP contribution in [0.2, 0.25) is 0 Å². The van der Waals surface area contributed by atoms with E-state index in [2.05, 4.69) is 28.9 Å². The average Bonchev–Trinajstić information content (AvgIpc) is 3.07. The molecule has 2 aliphatic heterocycles. The topological polar surface area (TPSA) is 80.1 Å². The number of piperidine rings is 1. The van der Waals surface area contributed by atoms with Crippen LogP contribution in [-0.2, 0) is 4.74 Å². The molecule has 0 bridgehead atoms. The number of rotatable bonds is 3. The molecule has 0 aliphatic carbocycles. The van der Waals surface area contributed by atoms with Gasteiger partial charge in [-0.05, 0) is 38.1 Å². The Labute approximate surface area is 120 Å². The van der Waals surface area contributed by atoms with Crippen LogP contribution in [0.5, 0.6) is 0 Å². The molecule has 0 aromatic carbocycles. The van der Waals surface area contributed by atoms with Gasteiger partial charge in [0.05, 0.1) is 6.10 Å². The van der Waals surface area contributed by atoms with Crippen molar-refractivity contribution in [1.29, 1.82) is 0 Å². The minimum Gasteiger partial charge on any atom is -0.378 e. The first-order valence-electron chi connectivity index (χ1n) is 7.60. The minimum atomic E-state index is 0.183. The van der Waals surface area contributed by atoms with E-state index in [1.54, 1.807) is 0 Å². The molecule has 6 heteroatoms. The maximum Gasteiger partial charge on any atom is 0.244 e. The van der Waals surface area contributed by atoms with Gasteiger partial charge in [-0.15, -0.1) is 5.10 Å². The second-order valence-electron chi connectivity index (χ2n) is 6.53. The lowest BCUT2D eigenvalue weighted by molar-refractivity contribution is 0.117. The summed E-state index contributed by atoms with van der Waals surface area (Å²) in [6.45, 7) is 7.85. The lowest BCUT2D eigenvalue weighted by Crippen LogP contribution is -2.46. The summed E-state index contributed by atoms with van der Waals surface area (Å²) in [5.74, 6) is 2.13. The Morgan fingerprint density at radius 1 is 1.55 bits per heavy atom. The highest BCUT2D eigenvalue weighted by atomic mass is 16.5. The molecule has 3 rings (SSSR count). The Morgan fingerprint density at radius 2 is 2.40 bits per heavy atom. The lowest BCUT2D eigenvalue weighted by atomic mass is 9.82. The fourth-order valence-corrected chi connectivity index (χ4v) is 3.32. The number of nitrogens with zero attached hydrogens (tertiary/aromatic N) is 3. The van der Waals surface area contributed by atoms with E-state index in [1.807, 2.05) is 0 Å². The third-order valence-corrected chi connectivity index (χ3v) is 4.77. The maximum absolute atomic E-state index is 5.91. The number of aromatic nitrogens is 3. The molecule has 3 unspecified atom stereocenters. The summed E-state index contributed by atoms with van der Waals surface area (Å²) < 4.78 is 5.61. The quantitative estimate of drug-likeness (QED) is 0.870. The molecule has 2 aliphatic rings. The highest BCUT2D eigenvalue weighted by Gasteiger charge is 2.33. The Hall–Kier alpha value is -1.14. The van der Waals surface area contributed by atoms with Crippen LogP contribution < -0.4 is 10.6 Å². The summed E-state index contributed by atoms with van der Waals surface area (Å²) in [6, 6.07) is 0. The van der Waals surface area contributed by atoms with Crippen molar-refractivity contribution in [3.05, 3.63) is 5.82 Å². The summed E-state index contributed by atoms with van der Waals surface area (Å²) in [5.41, 5.74) is 6.09. The zero-order valence-corrected chi connectivity index (χ0v) is 12.4. The molecule has 1 aromatic rings. The molecule has 2 fully saturated rings. The van der Waals surface area contributed by atoms with Gasteiger partial charge in [0.2, 0.25) is 5.95 Å². The molecule has 2 saturated heterocycles. The van der Waals surface area contributed by atoms with Crippen LogP contribution >= 0.6 is 0 Å². The van der Waals surface area contributed by atoms with E-state index in [1.165, 1.54) is 6.42 Å². The van der Waals surface area contributed by atoms with E-state index in [9.17, 15) is 0 Å². The largest absolute Gasteiger partial charge is 0.378 e. The second-order valence-corrected chi connectivity index (χ2v) is 6.53. The van der Waals surface area contributed by atoms with Gasteiger partial charge in [0.1, 0.15) is 5.82 Å². The van der Waals surface area contributed by atoms with Crippen molar-refractivity contribution in [2.24, 2.45) is 11.1 Å². The van der Waals surface area contributed by atoms with Crippen molar-refractivity contribution < 1.29 is 4.74 Å². The molecule has 3 atom stereocenters. The average molecular weight is 279 g/mol. The van der Waals surface area contributed by atoms with Gasteiger partial charge >= 0.3 is 0 Å². The minimum absolute atomic E-state index is 0.183. The van der Waals surface area contributed by atoms with Crippen molar-refractivity contribution >= 4 is 5.95 Å². The number of hydrogen-bond donors (Lipinski definition) is 2. The molecule has 0 spiro atoms.